The van der Waals surface area contributed by atoms with Crippen LogP contribution in [0.3, 0.4) is 0 Å². The van der Waals surface area contributed by atoms with Gasteiger partial charge in [0.2, 0.25) is 0 Å². The molecule has 0 aliphatic heterocycles. The molecule has 0 fully saturated rings. The maximum absolute atomic E-state index is 12.7. The first-order valence-corrected chi connectivity index (χ1v) is 21.6. The van der Waals surface area contributed by atoms with Crippen molar-refractivity contribution in [1.29, 1.82) is 0 Å². The Hall–Kier alpha value is -1.59. The fraction of sp³-hybridized carbons (Fsp3) is 0.932. The first-order chi connectivity index (χ1) is 24.1. The fourth-order valence-corrected chi connectivity index (χ4v) is 6.35. The van der Waals surface area contributed by atoms with Crippen molar-refractivity contribution >= 4 is 17.9 Å². The van der Waals surface area contributed by atoms with Gasteiger partial charge in [0.1, 0.15) is 13.2 Å². The topological polar surface area (TPSA) is 78.9 Å². The van der Waals surface area contributed by atoms with Gasteiger partial charge in [-0.2, -0.15) is 0 Å². The van der Waals surface area contributed by atoms with E-state index >= 15 is 0 Å². The van der Waals surface area contributed by atoms with Crippen LogP contribution in [0.5, 0.6) is 0 Å². The summed E-state index contributed by atoms with van der Waals surface area (Å²) in [7, 11) is 0. The molecule has 0 unspecified atom stereocenters. The largest absolute Gasteiger partial charge is 0.462 e. The number of carbonyl (C=O) groups excluding carboxylic acids is 3. The predicted molar refractivity (Wildman–Crippen MR) is 210 cm³/mol. The van der Waals surface area contributed by atoms with Crippen molar-refractivity contribution in [3.8, 4) is 0 Å². The minimum Gasteiger partial charge on any atom is -0.462 e. The molecule has 0 bridgehead atoms. The molecule has 1 atom stereocenters. The zero-order valence-corrected chi connectivity index (χ0v) is 34.2. The third-order valence-electron chi connectivity index (χ3n) is 9.65. The molecule has 0 aromatic carbocycles. The zero-order chi connectivity index (χ0) is 37.1. The number of ether oxygens (including phenoxy) is 3. The average Bonchev–Trinajstić information content (AvgIpc) is 3.06. The molecule has 0 N–H and O–H groups in total. The molecule has 0 amide bonds. The van der Waals surface area contributed by atoms with Crippen molar-refractivity contribution in [1.82, 2.24) is 0 Å². The first-order valence-electron chi connectivity index (χ1n) is 21.6. The van der Waals surface area contributed by atoms with Gasteiger partial charge in [-0.15, -0.1) is 0 Å². The molecular formula is C44H84O6. The highest BCUT2D eigenvalue weighted by molar-refractivity contribution is 5.71. The van der Waals surface area contributed by atoms with E-state index in [-0.39, 0.29) is 31.1 Å². The van der Waals surface area contributed by atoms with Crippen molar-refractivity contribution in [2.75, 3.05) is 13.2 Å². The van der Waals surface area contributed by atoms with E-state index in [0.29, 0.717) is 19.3 Å². The van der Waals surface area contributed by atoms with E-state index in [1.54, 1.807) is 0 Å². The van der Waals surface area contributed by atoms with E-state index in [0.717, 1.165) is 75.5 Å². The summed E-state index contributed by atoms with van der Waals surface area (Å²) in [6, 6.07) is 0. The Morgan fingerprint density at radius 2 is 0.580 bits per heavy atom. The summed E-state index contributed by atoms with van der Waals surface area (Å²) in [5.41, 5.74) is 0. The van der Waals surface area contributed by atoms with Crippen molar-refractivity contribution < 1.29 is 28.6 Å². The summed E-state index contributed by atoms with van der Waals surface area (Å²) in [6.45, 7) is 13.5. The lowest BCUT2D eigenvalue weighted by Gasteiger charge is -2.18. The van der Waals surface area contributed by atoms with Gasteiger partial charge in [-0.3, -0.25) is 14.4 Å². The molecule has 50 heavy (non-hydrogen) atoms. The van der Waals surface area contributed by atoms with E-state index in [2.05, 4.69) is 41.5 Å². The second-order valence-corrected chi connectivity index (χ2v) is 16.4. The molecule has 296 valence electrons. The molecule has 0 rings (SSSR count). The molecular weight excluding hydrogens is 624 g/mol. The van der Waals surface area contributed by atoms with Crippen LogP contribution >= 0.6 is 0 Å². The van der Waals surface area contributed by atoms with Gasteiger partial charge < -0.3 is 14.2 Å². The molecule has 0 aliphatic rings. The lowest BCUT2D eigenvalue weighted by atomic mass is 10.0. The SMILES string of the molecule is CC(C)CCCCCCCCCCCC(=O)OC[C@H](COC(=O)CCCCCCCCC(C)C)OC(=O)CCCCCCCCCCC(C)C. The van der Waals surface area contributed by atoms with Crippen molar-refractivity contribution in [2.45, 2.75) is 234 Å². The van der Waals surface area contributed by atoms with E-state index in [4.69, 9.17) is 14.2 Å². The van der Waals surface area contributed by atoms with Gasteiger partial charge in [0.25, 0.3) is 0 Å². The minimum absolute atomic E-state index is 0.0676. The third-order valence-corrected chi connectivity index (χ3v) is 9.65. The van der Waals surface area contributed by atoms with Crippen LogP contribution < -0.4 is 0 Å². The van der Waals surface area contributed by atoms with Gasteiger partial charge in [-0.1, -0.05) is 189 Å². The summed E-state index contributed by atoms with van der Waals surface area (Å²) < 4.78 is 16.7. The highest BCUT2D eigenvalue weighted by atomic mass is 16.6. The van der Waals surface area contributed by atoms with Crippen LogP contribution in [-0.4, -0.2) is 37.2 Å². The number of hydrogen-bond acceptors (Lipinski definition) is 6. The molecule has 0 aliphatic carbocycles. The van der Waals surface area contributed by atoms with Crippen LogP contribution in [0.2, 0.25) is 0 Å². The quantitative estimate of drug-likeness (QED) is 0.0363. The van der Waals surface area contributed by atoms with Crippen LogP contribution in [0.25, 0.3) is 0 Å². The smallest absolute Gasteiger partial charge is 0.306 e. The lowest BCUT2D eigenvalue weighted by molar-refractivity contribution is -0.167. The Balaban J connectivity index is 4.35. The molecule has 6 heteroatoms. The Labute approximate surface area is 310 Å². The Kier molecular flexibility index (Phi) is 34.7. The van der Waals surface area contributed by atoms with Crippen molar-refractivity contribution in [3.63, 3.8) is 0 Å². The maximum Gasteiger partial charge on any atom is 0.306 e. The van der Waals surface area contributed by atoms with E-state index < -0.39 is 6.10 Å². The zero-order valence-electron chi connectivity index (χ0n) is 34.2. The normalized spacial score (nSPS) is 12.2. The average molecular weight is 709 g/mol. The Morgan fingerprint density at radius 3 is 0.860 bits per heavy atom. The van der Waals surface area contributed by atoms with Gasteiger partial charge in [-0.25, -0.2) is 0 Å². The van der Waals surface area contributed by atoms with Crippen LogP contribution in [0, 0.1) is 17.8 Å². The van der Waals surface area contributed by atoms with Crippen LogP contribution in [0.15, 0.2) is 0 Å². The molecule has 0 heterocycles. The molecule has 0 spiro atoms. The fourth-order valence-electron chi connectivity index (χ4n) is 6.35. The highest BCUT2D eigenvalue weighted by Gasteiger charge is 2.19. The molecule has 0 saturated heterocycles. The predicted octanol–water partition coefficient (Wildman–Crippen LogP) is 13.3. The third kappa shape index (κ3) is 37.7. The van der Waals surface area contributed by atoms with Crippen LogP contribution in [0.1, 0.15) is 228 Å². The highest BCUT2D eigenvalue weighted by Crippen LogP contribution is 2.16. The van der Waals surface area contributed by atoms with E-state index in [9.17, 15) is 14.4 Å². The van der Waals surface area contributed by atoms with Gasteiger partial charge in [0.05, 0.1) is 0 Å². The van der Waals surface area contributed by atoms with Crippen molar-refractivity contribution in [3.05, 3.63) is 0 Å². The van der Waals surface area contributed by atoms with E-state index in [1.165, 1.54) is 109 Å². The number of hydrogen-bond donors (Lipinski definition) is 0. The first kappa shape index (κ1) is 48.4. The standard InChI is InChI=1S/C44H84O6/c1-38(2)30-24-18-12-8-7-9-14-21-27-33-42(45)48-36-41(37-49-43(46)34-28-22-17-16-20-26-32-40(5)6)50-44(47)35-29-23-15-11-10-13-19-25-31-39(3)4/h38-41H,7-37H2,1-6H3/t41-/m1/s1. The summed E-state index contributed by atoms with van der Waals surface area (Å²) in [5.74, 6) is 1.49. The summed E-state index contributed by atoms with van der Waals surface area (Å²) in [6.07, 6.45) is 31.1. The lowest BCUT2D eigenvalue weighted by Crippen LogP contribution is -2.30. The molecule has 0 aromatic heterocycles. The van der Waals surface area contributed by atoms with Gasteiger partial charge in [0, 0.05) is 19.3 Å². The number of carbonyl (C=O) groups is 3. The Bertz CT molecular complexity index is 776. The molecule has 6 nitrogen and oxygen atoms in total. The van der Waals surface area contributed by atoms with Crippen LogP contribution in [-0.2, 0) is 28.6 Å². The van der Waals surface area contributed by atoms with E-state index in [1.807, 2.05) is 0 Å². The summed E-state index contributed by atoms with van der Waals surface area (Å²) in [5, 5.41) is 0. The van der Waals surface area contributed by atoms with Gasteiger partial charge in [0.15, 0.2) is 6.10 Å². The molecule has 0 saturated carbocycles. The number of rotatable bonds is 37. The van der Waals surface area contributed by atoms with Crippen molar-refractivity contribution in [2.24, 2.45) is 17.8 Å². The number of unbranched alkanes of at least 4 members (excludes halogenated alkanes) is 20. The van der Waals surface area contributed by atoms with Gasteiger partial charge in [-0.05, 0) is 37.0 Å². The second-order valence-electron chi connectivity index (χ2n) is 16.4. The number of esters is 3. The maximum atomic E-state index is 12.7. The van der Waals surface area contributed by atoms with Gasteiger partial charge >= 0.3 is 17.9 Å². The Morgan fingerprint density at radius 1 is 0.340 bits per heavy atom. The molecule has 0 radical (unpaired) electrons. The second kappa shape index (κ2) is 35.8. The minimum atomic E-state index is -0.761. The molecule has 0 aromatic rings. The monoisotopic (exact) mass is 709 g/mol. The summed E-state index contributed by atoms with van der Waals surface area (Å²) in [4.78, 5) is 37.6. The van der Waals surface area contributed by atoms with Crippen LogP contribution in [0.4, 0.5) is 0 Å². The summed E-state index contributed by atoms with van der Waals surface area (Å²) >= 11 is 0.